The van der Waals surface area contributed by atoms with Gasteiger partial charge in [0.1, 0.15) is 18.2 Å². The first kappa shape index (κ1) is 29.2. The zero-order valence-corrected chi connectivity index (χ0v) is 21.7. The molecule has 7 nitrogen and oxygen atoms in total. The summed E-state index contributed by atoms with van der Waals surface area (Å²) in [5.74, 6) is -1.11. The van der Waals surface area contributed by atoms with Crippen molar-refractivity contribution >= 4 is 40.2 Å². The van der Waals surface area contributed by atoms with Gasteiger partial charge in [0.05, 0.1) is 23.2 Å². The molecule has 1 heterocycles. The fraction of sp³-hybridized carbons (Fsp3) is 0.370. The number of alkyl halides is 2. The minimum Gasteiger partial charge on any atom is -0.447 e. The quantitative estimate of drug-likeness (QED) is 0.313. The number of hydrogen-bond acceptors (Lipinski definition) is 5. The third-order valence-corrected chi connectivity index (χ3v) is 6.16. The topological polar surface area (TPSA) is 91.8 Å². The fourth-order valence-electron chi connectivity index (χ4n) is 4.03. The second kappa shape index (κ2) is 12.9. The number of nitrogens with one attached hydrogen (secondary N) is 1. The molecule has 3 rings (SSSR count). The molecule has 2 aromatic carbocycles. The molecule has 0 aliphatic heterocycles. The number of pyridine rings is 1. The van der Waals surface area contributed by atoms with Gasteiger partial charge in [-0.1, -0.05) is 48.0 Å². The van der Waals surface area contributed by atoms with Gasteiger partial charge in [0.15, 0.2) is 0 Å². The van der Waals surface area contributed by atoms with Gasteiger partial charge in [-0.05, 0) is 49.8 Å². The monoisotopic (exact) mass is 551 g/mol. The van der Waals surface area contributed by atoms with Crippen LogP contribution in [0, 0.1) is 5.82 Å². The van der Waals surface area contributed by atoms with Crippen molar-refractivity contribution in [2.45, 2.75) is 51.2 Å². The number of aliphatic hydroxyl groups is 1. The Kier molecular flexibility index (Phi) is 9.93. The van der Waals surface area contributed by atoms with Crippen molar-refractivity contribution in [3.05, 3.63) is 71.1 Å². The van der Waals surface area contributed by atoms with Gasteiger partial charge in [0, 0.05) is 18.0 Å². The summed E-state index contributed by atoms with van der Waals surface area (Å²) in [7, 11) is 0. The van der Waals surface area contributed by atoms with E-state index in [1.165, 1.54) is 26.0 Å². The third-order valence-electron chi connectivity index (χ3n) is 5.74. The highest BCUT2D eigenvalue weighted by atomic mass is 35.5. The molecule has 0 fully saturated rings. The van der Waals surface area contributed by atoms with Gasteiger partial charge >= 0.3 is 6.09 Å². The van der Waals surface area contributed by atoms with Gasteiger partial charge in [0.25, 0.3) is 6.43 Å². The number of benzene rings is 2. The molecule has 38 heavy (non-hydrogen) atoms. The van der Waals surface area contributed by atoms with Crippen LogP contribution in [0.5, 0.6) is 0 Å². The molecular weight excluding hydrogens is 523 g/mol. The first-order chi connectivity index (χ1) is 17.9. The zero-order valence-electron chi connectivity index (χ0n) is 21.0. The summed E-state index contributed by atoms with van der Waals surface area (Å²) in [5, 5.41) is 14.4. The molecular formula is C27H29ClF3N3O4. The van der Waals surface area contributed by atoms with Gasteiger partial charge in [0.2, 0.25) is 5.91 Å². The van der Waals surface area contributed by atoms with E-state index in [1.807, 2.05) is 24.3 Å². The van der Waals surface area contributed by atoms with Crippen molar-refractivity contribution in [1.29, 1.82) is 0 Å². The van der Waals surface area contributed by atoms with Gasteiger partial charge in [-0.3, -0.25) is 10.1 Å². The summed E-state index contributed by atoms with van der Waals surface area (Å²) in [6, 6.07) is 12.1. The van der Waals surface area contributed by atoms with E-state index in [9.17, 15) is 27.9 Å². The molecule has 0 saturated heterocycles. The summed E-state index contributed by atoms with van der Waals surface area (Å²) < 4.78 is 46.0. The third kappa shape index (κ3) is 8.59. The number of hydrogen-bond donors (Lipinski definition) is 2. The number of carbonyl (C=O) groups excluding carboxylic acids is 2. The number of rotatable bonds is 11. The Labute approximate surface area is 223 Å². The van der Waals surface area contributed by atoms with Crippen molar-refractivity contribution in [3.63, 3.8) is 0 Å². The Morgan fingerprint density at radius 1 is 1.16 bits per heavy atom. The van der Waals surface area contributed by atoms with Crippen LogP contribution in [0.15, 0.2) is 54.7 Å². The number of amides is 2. The van der Waals surface area contributed by atoms with Crippen LogP contribution in [0.3, 0.4) is 0 Å². The Bertz CT molecular complexity index is 1270. The minimum absolute atomic E-state index is 0.0133. The van der Waals surface area contributed by atoms with Crippen molar-refractivity contribution in [2.75, 3.05) is 18.5 Å². The summed E-state index contributed by atoms with van der Waals surface area (Å²) in [6.45, 7) is 1.52. The van der Waals surface area contributed by atoms with Crippen molar-refractivity contribution < 1.29 is 32.6 Å². The van der Waals surface area contributed by atoms with Crippen molar-refractivity contribution in [3.8, 4) is 0 Å². The normalized spacial score (nSPS) is 12.4. The number of anilines is 1. The molecule has 0 radical (unpaired) electrons. The highest BCUT2D eigenvalue weighted by molar-refractivity contribution is 6.31. The van der Waals surface area contributed by atoms with Crippen molar-refractivity contribution in [1.82, 2.24) is 9.88 Å². The Morgan fingerprint density at radius 3 is 2.55 bits per heavy atom. The number of aryl methyl sites for hydroxylation is 1. The maximum Gasteiger partial charge on any atom is 0.412 e. The standard InChI is InChI=1S/C27H29ClF3N3O4/c1-27(2,37)13-20(16-38-26(36)33-23-12-18-6-3-4-7-19(18)14-32-23)34(15-22(30)31)24(35)11-10-17-8-5-9-21(29)25(17)28/h3-9,12,14,20,22,37H,10-11,13,15-16H2,1-2H3,(H,32,33,36)/t20-/m0/s1. The van der Waals surface area contributed by atoms with Gasteiger partial charge in [-0.2, -0.15) is 0 Å². The van der Waals surface area contributed by atoms with Crippen molar-refractivity contribution in [2.24, 2.45) is 0 Å². The molecule has 0 saturated carbocycles. The molecule has 0 aliphatic rings. The number of nitrogens with zero attached hydrogens (tertiary/aromatic N) is 2. The van der Waals surface area contributed by atoms with E-state index in [2.05, 4.69) is 10.3 Å². The number of aromatic nitrogens is 1. The number of halogens is 4. The van der Waals surface area contributed by atoms with E-state index < -0.39 is 49.0 Å². The highest BCUT2D eigenvalue weighted by Crippen LogP contribution is 2.23. The SMILES string of the molecule is CC(C)(O)C[C@@H](COC(=O)Nc1cc2ccccc2cn1)N(CC(F)F)C(=O)CCc1cccc(F)c1Cl. The molecule has 0 bridgehead atoms. The molecule has 3 aromatic rings. The molecule has 0 spiro atoms. The van der Waals surface area contributed by atoms with Crippen LogP contribution in [0.2, 0.25) is 5.02 Å². The second-order valence-corrected chi connectivity index (χ2v) is 9.84. The van der Waals surface area contributed by atoms with Gasteiger partial charge in [-0.15, -0.1) is 0 Å². The number of carbonyl (C=O) groups is 2. The molecule has 11 heteroatoms. The predicted octanol–water partition coefficient (Wildman–Crippen LogP) is 5.83. The molecule has 204 valence electrons. The summed E-state index contributed by atoms with van der Waals surface area (Å²) in [4.78, 5) is 30.6. The number of ether oxygens (including phenoxy) is 1. The smallest absolute Gasteiger partial charge is 0.412 e. The average Bonchev–Trinajstić information content (AvgIpc) is 2.85. The van der Waals surface area contributed by atoms with E-state index >= 15 is 0 Å². The minimum atomic E-state index is -2.88. The first-order valence-corrected chi connectivity index (χ1v) is 12.3. The van der Waals surface area contributed by atoms with Crippen LogP contribution in [0.4, 0.5) is 23.8 Å². The maximum absolute atomic E-state index is 13.7. The Balaban J connectivity index is 1.71. The van der Waals surface area contributed by atoms with E-state index in [0.717, 1.165) is 15.7 Å². The van der Waals surface area contributed by atoms with Crippen LogP contribution < -0.4 is 5.32 Å². The van der Waals surface area contributed by atoms with E-state index in [4.69, 9.17) is 16.3 Å². The molecule has 2 amide bonds. The predicted molar refractivity (Wildman–Crippen MR) is 139 cm³/mol. The van der Waals surface area contributed by atoms with E-state index in [-0.39, 0.29) is 30.1 Å². The lowest BCUT2D eigenvalue weighted by molar-refractivity contribution is -0.138. The molecule has 0 aliphatic carbocycles. The summed E-state index contributed by atoms with van der Waals surface area (Å²) in [5.41, 5.74) is -1.01. The van der Waals surface area contributed by atoms with Gasteiger partial charge < -0.3 is 14.7 Å². The lowest BCUT2D eigenvalue weighted by atomic mass is 9.97. The lowest BCUT2D eigenvalue weighted by Crippen LogP contribution is -2.49. The Hall–Kier alpha value is -3.37. The van der Waals surface area contributed by atoms with Crippen LogP contribution >= 0.6 is 11.6 Å². The summed E-state index contributed by atoms with van der Waals surface area (Å²) in [6.07, 6.45) is -2.57. The fourth-order valence-corrected chi connectivity index (χ4v) is 4.25. The first-order valence-electron chi connectivity index (χ1n) is 11.9. The molecule has 1 aromatic heterocycles. The van der Waals surface area contributed by atoms with Crippen LogP contribution in [0.1, 0.15) is 32.3 Å². The van der Waals surface area contributed by atoms with Crippen LogP contribution in [-0.2, 0) is 16.0 Å². The average molecular weight is 552 g/mol. The molecule has 2 N–H and O–H groups in total. The van der Waals surface area contributed by atoms with E-state index in [1.54, 1.807) is 18.3 Å². The lowest BCUT2D eigenvalue weighted by Gasteiger charge is -2.34. The molecule has 0 unspecified atom stereocenters. The van der Waals surface area contributed by atoms with E-state index in [0.29, 0.717) is 5.56 Å². The highest BCUT2D eigenvalue weighted by Gasteiger charge is 2.32. The van der Waals surface area contributed by atoms with Crippen LogP contribution in [0.25, 0.3) is 10.8 Å². The van der Waals surface area contributed by atoms with Crippen LogP contribution in [-0.4, -0.2) is 58.2 Å². The van der Waals surface area contributed by atoms with Gasteiger partial charge in [-0.25, -0.2) is 22.9 Å². The summed E-state index contributed by atoms with van der Waals surface area (Å²) >= 11 is 5.95. The zero-order chi connectivity index (χ0) is 27.9. The largest absolute Gasteiger partial charge is 0.447 e. The second-order valence-electron chi connectivity index (χ2n) is 9.46. The molecule has 1 atom stereocenters. The Morgan fingerprint density at radius 2 is 1.87 bits per heavy atom. The number of fused-ring (bicyclic) bond motifs is 1. The maximum atomic E-state index is 13.7.